The average Bonchev–Trinajstić information content (AvgIpc) is 2.84. The molecule has 2 aromatic rings. The molecule has 2 aromatic carbocycles. The zero-order valence-electron chi connectivity index (χ0n) is 18.2. The molecule has 0 aliphatic carbocycles. The summed E-state index contributed by atoms with van der Waals surface area (Å²) in [5.41, 5.74) is 1.03. The molecule has 2 aliphatic rings. The molecule has 1 fully saturated rings. The van der Waals surface area contributed by atoms with Crippen molar-refractivity contribution in [2.75, 3.05) is 31.6 Å². The van der Waals surface area contributed by atoms with Crippen molar-refractivity contribution in [1.29, 1.82) is 0 Å². The molecule has 174 valence electrons. The number of fused-ring (bicyclic) bond motifs is 1. The third kappa shape index (κ3) is 5.57. The first kappa shape index (κ1) is 22.9. The number of nitrogens with zero attached hydrogens (tertiary/aromatic N) is 1. The molecule has 0 saturated carbocycles. The van der Waals surface area contributed by atoms with E-state index in [9.17, 15) is 14.4 Å². The Balaban J connectivity index is 1.31. The highest BCUT2D eigenvalue weighted by molar-refractivity contribution is 6.30. The molecular formula is C24H25ClN2O6. The normalized spacial score (nSPS) is 18.2. The Kier molecular flexibility index (Phi) is 7.03. The minimum absolute atomic E-state index is 0.159. The SMILES string of the molecule is C[C@H](OC(=O)[C@H]1CCCN(C(=O)c2ccc(Cl)cc2)C1)C(=O)Nc1ccc2c(c1)OCCO2. The molecule has 8 nitrogen and oxygen atoms in total. The van der Waals surface area contributed by atoms with E-state index in [4.69, 9.17) is 25.8 Å². The van der Waals surface area contributed by atoms with Gasteiger partial charge >= 0.3 is 5.97 Å². The molecule has 0 bridgehead atoms. The van der Waals surface area contributed by atoms with Gasteiger partial charge in [0.25, 0.3) is 11.8 Å². The molecule has 2 atom stereocenters. The lowest BCUT2D eigenvalue weighted by molar-refractivity contribution is -0.158. The molecule has 4 rings (SSSR count). The molecule has 9 heteroatoms. The van der Waals surface area contributed by atoms with Crippen LogP contribution in [0, 0.1) is 5.92 Å². The highest BCUT2D eigenvalue weighted by atomic mass is 35.5. The number of likely N-dealkylation sites (tertiary alicyclic amines) is 1. The topological polar surface area (TPSA) is 94.2 Å². The fourth-order valence-electron chi connectivity index (χ4n) is 3.82. The Hall–Kier alpha value is -3.26. The second kappa shape index (κ2) is 10.1. The first-order valence-electron chi connectivity index (χ1n) is 10.9. The summed E-state index contributed by atoms with van der Waals surface area (Å²) < 4.78 is 16.4. The smallest absolute Gasteiger partial charge is 0.311 e. The summed E-state index contributed by atoms with van der Waals surface area (Å²) in [7, 11) is 0. The van der Waals surface area contributed by atoms with E-state index in [-0.39, 0.29) is 12.5 Å². The van der Waals surface area contributed by atoms with Crippen molar-refractivity contribution >= 4 is 35.1 Å². The van der Waals surface area contributed by atoms with Crippen molar-refractivity contribution in [2.45, 2.75) is 25.9 Å². The van der Waals surface area contributed by atoms with Gasteiger partial charge in [0.05, 0.1) is 5.92 Å². The Morgan fingerprint density at radius 2 is 1.82 bits per heavy atom. The minimum atomic E-state index is -0.993. The average molecular weight is 473 g/mol. The van der Waals surface area contributed by atoms with Crippen LogP contribution in [0.25, 0.3) is 0 Å². The lowest BCUT2D eigenvalue weighted by Crippen LogP contribution is -2.44. The van der Waals surface area contributed by atoms with E-state index in [1.165, 1.54) is 6.92 Å². The molecular weight excluding hydrogens is 448 g/mol. The Bertz CT molecular complexity index is 1040. The highest BCUT2D eigenvalue weighted by Gasteiger charge is 2.32. The maximum atomic E-state index is 12.8. The highest BCUT2D eigenvalue weighted by Crippen LogP contribution is 2.32. The molecule has 0 radical (unpaired) electrons. The number of ether oxygens (including phenoxy) is 3. The number of rotatable bonds is 5. The number of esters is 1. The van der Waals surface area contributed by atoms with Crippen LogP contribution in [0.1, 0.15) is 30.1 Å². The second-order valence-electron chi connectivity index (χ2n) is 8.02. The maximum absolute atomic E-state index is 12.8. The number of piperidine rings is 1. The van der Waals surface area contributed by atoms with Gasteiger partial charge in [-0.25, -0.2) is 0 Å². The van der Waals surface area contributed by atoms with Gasteiger partial charge < -0.3 is 24.4 Å². The van der Waals surface area contributed by atoms with Crippen LogP contribution in [0.15, 0.2) is 42.5 Å². The van der Waals surface area contributed by atoms with Crippen LogP contribution in [-0.2, 0) is 14.3 Å². The quantitative estimate of drug-likeness (QED) is 0.669. The van der Waals surface area contributed by atoms with E-state index in [2.05, 4.69) is 5.32 Å². The van der Waals surface area contributed by atoms with Crippen LogP contribution in [0.3, 0.4) is 0 Å². The summed E-state index contributed by atoms with van der Waals surface area (Å²) in [5, 5.41) is 3.28. The van der Waals surface area contributed by atoms with Gasteiger partial charge in [0.2, 0.25) is 0 Å². The molecule has 0 spiro atoms. The first-order chi connectivity index (χ1) is 15.9. The molecule has 0 unspecified atom stereocenters. The molecule has 0 aromatic heterocycles. The monoisotopic (exact) mass is 472 g/mol. The van der Waals surface area contributed by atoms with Gasteiger partial charge in [-0.3, -0.25) is 14.4 Å². The molecule has 2 amide bonds. The lowest BCUT2D eigenvalue weighted by Gasteiger charge is -2.32. The van der Waals surface area contributed by atoms with Crippen LogP contribution in [0.2, 0.25) is 5.02 Å². The zero-order chi connectivity index (χ0) is 23.4. The van der Waals surface area contributed by atoms with Crippen LogP contribution >= 0.6 is 11.6 Å². The van der Waals surface area contributed by atoms with Gasteiger partial charge in [-0.1, -0.05) is 11.6 Å². The number of amides is 2. The Morgan fingerprint density at radius 3 is 2.58 bits per heavy atom. The van der Waals surface area contributed by atoms with Gasteiger partial charge in [-0.15, -0.1) is 0 Å². The van der Waals surface area contributed by atoms with E-state index < -0.39 is 23.9 Å². The third-order valence-electron chi connectivity index (χ3n) is 5.60. The number of carbonyl (C=O) groups excluding carboxylic acids is 3. The molecule has 33 heavy (non-hydrogen) atoms. The molecule has 2 aliphatic heterocycles. The van der Waals surface area contributed by atoms with E-state index in [1.807, 2.05) is 0 Å². The Labute approximate surface area is 196 Å². The number of anilines is 1. The van der Waals surface area contributed by atoms with Crippen molar-refractivity contribution < 1.29 is 28.6 Å². The van der Waals surface area contributed by atoms with Crippen LogP contribution < -0.4 is 14.8 Å². The predicted octanol–water partition coefficient (Wildman–Crippen LogP) is 3.53. The van der Waals surface area contributed by atoms with E-state index in [1.54, 1.807) is 47.4 Å². The number of carbonyl (C=O) groups is 3. The summed E-state index contributed by atoms with van der Waals surface area (Å²) in [5.74, 6) is -0.420. The summed E-state index contributed by atoms with van der Waals surface area (Å²) in [6.45, 7) is 3.25. The van der Waals surface area contributed by atoms with E-state index >= 15 is 0 Å². The number of nitrogens with one attached hydrogen (secondary N) is 1. The van der Waals surface area contributed by atoms with Gasteiger partial charge in [-0.2, -0.15) is 0 Å². The summed E-state index contributed by atoms with van der Waals surface area (Å²) in [4.78, 5) is 39.7. The summed E-state index contributed by atoms with van der Waals surface area (Å²) >= 11 is 5.89. The third-order valence-corrected chi connectivity index (χ3v) is 5.86. The molecule has 1 N–H and O–H groups in total. The van der Waals surface area contributed by atoms with Gasteiger partial charge in [0.1, 0.15) is 13.2 Å². The fraction of sp³-hybridized carbons (Fsp3) is 0.375. The van der Waals surface area contributed by atoms with Crippen molar-refractivity contribution in [2.24, 2.45) is 5.92 Å². The van der Waals surface area contributed by atoms with Gasteiger partial charge in [-0.05, 0) is 56.2 Å². The molecule has 1 saturated heterocycles. The van der Waals surface area contributed by atoms with Crippen molar-refractivity contribution in [3.8, 4) is 11.5 Å². The van der Waals surface area contributed by atoms with Crippen LogP contribution in [0.5, 0.6) is 11.5 Å². The van der Waals surface area contributed by atoms with Gasteiger partial charge in [0, 0.05) is 35.4 Å². The van der Waals surface area contributed by atoms with Crippen LogP contribution in [-0.4, -0.2) is 55.1 Å². The molecule has 2 heterocycles. The largest absolute Gasteiger partial charge is 0.486 e. The second-order valence-corrected chi connectivity index (χ2v) is 8.46. The maximum Gasteiger partial charge on any atom is 0.311 e. The van der Waals surface area contributed by atoms with Crippen molar-refractivity contribution in [1.82, 2.24) is 4.90 Å². The number of halogens is 1. The zero-order valence-corrected chi connectivity index (χ0v) is 19.0. The Morgan fingerprint density at radius 1 is 1.09 bits per heavy atom. The number of hydrogen-bond acceptors (Lipinski definition) is 6. The number of benzene rings is 2. The van der Waals surface area contributed by atoms with Crippen molar-refractivity contribution in [3.63, 3.8) is 0 Å². The van der Waals surface area contributed by atoms with Crippen molar-refractivity contribution in [3.05, 3.63) is 53.1 Å². The first-order valence-corrected chi connectivity index (χ1v) is 11.2. The van der Waals surface area contributed by atoms with Crippen LogP contribution in [0.4, 0.5) is 5.69 Å². The summed E-state index contributed by atoms with van der Waals surface area (Å²) in [6.07, 6.45) is 0.282. The van der Waals surface area contributed by atoms with E-state index in [0.717, 1.165) is 0 Å². The van der Waals surface area contributed by atoms with Gasteiger partial charge in [0.15, 0.2) is 17.6 Å². The standard InChI is InChI=1S/C24H25ClN2O6/c1-15(22(28)26-19-8-9-20-21(13-19)32-12-11-31-20)33-24(30)17-3-2-10-27(14-17)23(29)16-4-6-18(25)7-5-16/h4-9,13,15,17H,2-3,10-12,14H2,1H3,(H,26,28)/t15-,17-/m0/s1. The summed E-state index contributed by atoms with van der Waals surface area (Å²) in [6, 6.07) is 11.7. The lowest BCUT2D eigenvalue weighted by atomic mass is 9.97. The number of hydrogen-bond donors (Lipinski definition) is 1. The minimum Gasteiger partial charge on any atom is -0.486 e. The van der Waals surface area contributed by atoms with E-state index in [0.29, 0.717) is 60.4 Å². The predicted molar refractivity (Wildman–Crippen MR) is 122 cm³/mol. The fourth-order valence-corrected chi connectivity index (χ4v) is 3.94.